The number of nitrogens with zero attached hydrogens (tertiary/aromatic N) is 3. The van der Waals surface area contributed by atoms with Crippen LogP contribution >= 0.6 is 37.2 Å². The largest absolute Gasteiger partial charge is 0.303 e. The van der Waals surface area contributed by atoms with E-state index < -0.39 is 0 Å². The molecule has 0 atom stereocenters. The topological polar surface area (TPSA) is 26.8 Å². The number of aryl methyl sites for hydroxylation is 1. The number of halogens is 3. The highest BCUT2D eigenvalue weighted by atomic mass is 35.5. The fraction of sp³-hybridized carbons (Fsp3) is 0.606. The van der Waals surface area contributed by atoms with Crippen LogP contribution in [0.4, 0.5) is 0 Å². The van der Waals surface area contributed by atoms with Crippen molar-refractivity contribution >= 4 is 43.0 Å². The van der Waals surface area contributed by atoms with Crippen LogP contribution in [0.1, 0.15) is 78.6 Å². The van der Waals surface area contributed by atoms with Crippen LogP contribution in [0, 0.1) is 12.8 Å². The molecule has 0 amide bonds. The Labute approximate surface area is 262 Å². The molecule has 0 unspecified atom stereocenters. The third-order valence-electron chi connectivity index (χ3n) is 8.93. The van der Waals surface area contributed by atoms with Crippen molar-refractivity contribution in [3.8, 4) is 0 Å². The molecule has 4 rings (SSSR count). The Bertz CT molecular complexity index is 1010. The summed E-state index contributed by atoms with van der Waals surface area (Å²) in [5, 5.41) is 0. The maximum atomic E-state index is 13.0. The van der Waals surface area contributed by atoms with Gasteiger partial charge in [0.25, 0.3) is 0 Å². The van der Waals surface area contributed by atoms with Gasteiger partial charge in [-0.3, -0.25) is 9.69 Å². The van der Waals surface area contributed by atoms with Gasteiger partial charge in [0, 0.05) is 44.7 Å². The highest BCUT2D eigenvalue weighted by Crippen LogP contribution is 2.25. The summed E-state index contributed by atoms with van der Waals surface area (Å²) in [4.78, 5) is 20.7. The Morgan fingerprint density at radius 2 is 1.55 bits per heavy atom. The van der Waals surface area contributed by atoms with Crippen molar-refractivity contribution in [2.24, 2.45) is 5.92 Å². The molecule has 0 aromatic heterocycles. The molecule has 2 aromatic rings. The van der Waals surface area contributed by atoms with E-state index in [4.69, 9.17) is 0 Å². The smallest absolute Gasteiger partial charge is 0.162 e. The molecule has 0 radical (unpaired) electrons. The molecule has 1 fully saturated rings. The van der Waals surface area contributed by atoms with E-state index in [0.717, 1.165) is 76.6 Å². The Morgan fingerprint density at radius 3 is 2.23 bits per heavy atom. The maximum absolute atomic E-state index is 13.0. The molecule has 0 aliphatic carbocycles. The van der Waals surface area contributed by atoms with Crippen molar-refractivity contribution in [1.29, 1.82) is 0 Å². The lowest BCUT2D eigenvalue weighted by Gasteiger charge is -2.32. The van der Waals surface area contributed by atoms with E-state index in [1.807, 2.05) is 0 Å². The van der Waals surface area contributed by atoms with E-state index in [0.29, 0.717) is 12.2 Å². The van der Waals surface area contributed by atoms with Crippen LogP contribution in [0.5, 0.6) is 0 Å². The van der Waals surface area contributed by atoms with Crippen molar-refractivity contribution in [3.05, 3.63) is 70.3 Å². The minimum Gasteiger partial charge on any atom is -0.303 e. The maximum Gasteiger partial charge on any atom is 0.162 e. The molecule has 40 heavy (non-hydrogen) atoms. The number of hydrogen-bond acceptors (Lipinski definition) is 4. The van der Waals surface area contributed by atoms with Crippen molar-refractivity contribution < 1.29 is 4.79 Å². The van der Waals surface area contributed by atoms with Gasteiger partial charge in [-0.2, -0.15) is 0 Å². The van der Waals surface area contributed by atoms with Gasteiger partial charge in [-0.25, -0.2) is 0 Å². The Morgan fingerprint density at radius 1 is 0.875 bits per heavy atom. The first-order valence-electron chi connectivity index (χ1n) is 14.9. The minimum atomic E-state index is 0. The van der Waals surface area contributed by atoms with Crippen LogP contribution in [-0.2, 0) is 19.4 Å². The number of benzene rings is 2. The van der Waals surface area contributed by atoms with Crippen molar-refractivity contribution in [3.63, 3.8) is 0 Å². The monoisotopic (exact) mass is 611 g/mol. The first-order chi connectivity index (χ1) is 18.1. The van der Waals surface area contributed by atoms with Gasteiger partial charge in [0.2, 0.25) is 0 Å². The summed E-state index contributed by atoms with van der Waals surface area (Å²) in [6.45, 7) is 16.9. The van der Waals surface area contributed by atoms with Crippen molar-refractivity contribution in [2.75, 3.05) is 52.4 Å². The second kappa shape index (κ2) is 19.1. The molecule has 0 spiro atoms. The third kappa shape index (κ3) is 10.9. The summed E-state index contributed by atoms with van der Waals surface area (Å²) in [5.74, 6) is 1.11. The van der Waals surface area contributed by atoms with Gasteiger partial charge < -0.3 is 9.80 Å². The van der Waals surface area contributed by atoms with E-state index >= 15 is 0 Å². The second-order valence-electron chi connectivity index (χ2n) is 11.3. The fourth-order valence-corrected chi connectivity index (χ4v) is 6.15. The van der Waals surface area contributed by atoms with Crippen LogP contribution in [0.25, 0.3) is 0 Å². The van der Waals surface area contributed by atoms with Gasteiger partial charge in [0.05, 0.1) is 0 Å². The number of Topliss-reactive ketones (excluding diaryl/α,β-unsaturated/α-hetero) is 1. The van der Waals surface area contributed by atoms with Crippen LogP contribution in [-0.4, -0.2) is 72.8 Å². The number of fused-ring (bicyclic) bond motifs is 1. The molecule has 7 heteroatoms. The molecule has 4 nitrogen and oxygen atoms in total. The third-order valence-corrected chi connectivity index (χ3v) is 8.93. The second-order valence-corrected chi connectivity index (χ2v) is 11.3. The van der Waals surface area contributed by atoms with Crippen molar-refractivity contribution in [1.82, 2.24) is 14.7 Å². The van der Waals surface area contributed by atoms with Crippen LogP contribution in [0.15, 0.2) is 42.5 Å². The number of piperidine rings is 1. The quantitative estimate of drug-likeness (QED) is 0.236. The lowest BCUT2D eigenvalue weighted by atomic mass is 9.90. The average Bonchev–Trinajstić information content (AvgIpc) is 3.13. The molecule has 2 aromatic carbocycles. The average molecular weight is 613 g/mol. The summed E-state index contributed by atoms with van der Waals surface area (Å²) in [5.41, 5.74) is 6.63. The number of ketones is 1. The zero-order chi connectivity index (χ0) is 26.0. The lowest BCUT2D eigenvalue weighted by Crippen LogP contribution is -2.36. The molecular weight excluding hydrogens is 561 g/mol. The summed E-state index contributed by atoms with van der Waals surface area (Å²) in [6, 6.07) is 15.3. The summed E-state index contributed by atoms with van der Waals surface area (Å²) in [7, 11) is 0. The minimum absolute atomic E-state index is 0. The number of likely N-dealkylation sites (tertiary alicyclic amines) is 1. The summed E-state index contributed by atoms with van der Waals surface area (Å²) >= 11 is 0. The number of hydrogen-bond donors (Lipinski definition) is 0. The van der Waals surface area contributed by atoms with Crippen molar-refractivity contribution in [2.45, 2.75) is 72.3 Å². The molecule has 0 bridgehead atoms. The number of carbonyl (C=O) groups excluding carboxylic acids is 1. The Hall–Kier alpha value is -1.14. The van der Waals surface area contributed by atoms with Gasteiger partial charge in [-0.05, 0) is 106 Å². The van der Waals surface area contributed by atoms with Crippen LogP contribution in [0.3, 0.4) is 0 Å². The first-order valence-corrected chi connectivity index (χ1v) is 14.9. The predicted octanol–water partition coefficient (Wildman–Crippen LogP) is 7.27. The molecule has 2 aliphatic heterocycles. The van der Waals surface area contributed by atoms with Gasteiger partial charge in [-0.15, -0.1) is 37.2 Å². The molecule has 0 N–H and O–H groups in total. The van der Waals surface area contributed by atoms with Gasteiger partial charge in [-0.1, -0.05) is 50.2 Å². The summed E-state index contributed by atoms with van der Waals surface area (Å²) in [6.07, 6.45) is 7.61. The van der Waals surface area contributed by atoms with Gasteiger partial charge in [0.1, 0.15) is 0 Å². The molecule has 0 saturated carbocycles. The van der Waals surface area contributed by atoms with Gasteiger partial charge in [0.15, 0.2) is 5.78 Å². The number of carbonyl (C=O) groups is 1. The van der Waals surface area contributed by atoms with Crippen LogP contribution < -0.4 is 0 Å². The zero-order valence-corrected chi connectivity index (χ0v) is 27.4. The molecule has 226 valence electrons. The normalized spacial score (nSPS) is 16.3. The predicted molar refractivity (Wildman–Crippen MR) is 177 cm³/mol. The lowest BCUT2D eigenvalue weighted by molar-refractivity contribution is 0.0974. The van der Waals surface area contributed by atoms with Crippen LogP contribution in [0.2, 0.25) is 0 Å². The highest BCUT2D eigenvalue weighted by molar-refractivity contribution is 5.96. The zero-order valence-electron chi connectivity index (χ0n) is 24.9. The number of rotatable bonds is 12. The van der Waals surface area contributed by atoms with E-state index in [1.165, 1.54) is 54.6 Å². The standard InChI is InChI=1S/C33H49N3O.3ClH/c1-4-34(5-2)23-24-35-21-17-29-13-14-31(25-30(29)18-22-35)33(37)12-8-10-28-15-19-36(20-16-28)26-32-11-7-6-9-27(32)3;;;/h6-7,9,11,13-14,25,28H,4-5,8,10,12,15-24,26H2,1-3H3;3*1H. The van der Waals surface area contributed by atoms with E-state index in [2.05, 4.69) is 77.9 Å². The highest BCUT2D eigenvalue weighted by Gasteiger charge is 2.21. The fourth-order valence-electron chi connectivity index (χ4n) is 6.15. The first kappa shape index (κ1) is 36.9. The molecule has 1 saturated heterocycles. The SMILES string of the molecule is CCN(CC)CCN1CCc2ccc(C(=O)CCCC3CCN(Cc4ccccc4C)CC3)cc2CC1.Cl.Cl.Cl. The molecule has 2 aliphatic rings. The Kier molecular flexibility index (Phi) is 17.6. The molecular formula is C33H52Cl3N3O. The van der Waals surface area contributed by atoms with E-state index in [1.54, 1.807) is 0 Å². The van der Waals surface area contributed by atoms with Gasteiger partial charge >= 0.3 is 0 Å². The Balaban J connectivity index is 0.00000267. The summed E-state index contributed by atoms with van der Waals surface area (Å²) < 4.78 is 0. The molecule has 2 heterocycles. The number of likely N-dealkylation sites (N-methyl/N-ethyl adjacent to an activating group) is 1. The van der Waals surface area contributed by atoms with E-state index in [-0.39, 0.29) is 37.2 Å². The van der Waals surface area contributed by atoms with E-state index in [9.17, 15) is 4.79 Å².